The number of carbonyl (C=O) groups excluding carboxylic acids is 2. The Kier molecular flexibility index (Phi) is 2.70. The molecule has 0 aromatic carbocycles. The number of carbonyl (C=O) groups is 3. The minimum absolute atomic E-state index is 0.0468. The molecule has 2 aliphatic rings. The molecule has 2 amide bonds. The highest BCUT2D eigenvalue weighted by molar-refractivity contribution is 7.17. The molecule has 5 nitrogen and oxygen atoms in total. The zero-order valence-electron chi connectivity index (χ0n) is 10.4. The maximum atomic E-state index is 12.3. The summed E-state index contributed by atoms with van der Waals surface area (Å²) < 4.78 is 0. The first-order valence-electron chi connectivity index (χ1n) is 6.20. The van der Waals surface area contributed by atoms with Gasteiger partial charge in [0.2, 0.25) is 11.8 Å². The fourth-order valence-corrected chi connectivity index (χ4v) is 3.93. The van der Waals surface area contributed by atoms with Crippen molar-refractivity contribution >= 4 is 34.1 Å². The molecule has 0 radical (unpaired) electrons. The van der Waals surface area contributed by atoms with Crippen molar-refractivity contribution in [2.24, 2.45) is 11.8 Å². The van der Waals surface area contributed by atoms with Gasteiger partial charge in [-0.2, -0.15) is 0 Å². The van der Waals surface area contributed by atoms with Crippen LogP contribution in [0.1, 0.15) is 34.5 Å². The summed E-state index contributed by atoms with van der Waals surface area (Å²) >= 11 is 1.19. The number of rotatable bonds is 2. The van der Waals surface area contributed by atoms with Gasteiger partial charge in [0, 0.05) is 16.7 Å². The highest BCUT2D eigenvalue weighted by Gasteiger charge is 2.47. The molecular formula is C13H13NO4S. The van der Waals surface area contributed by atoms with Gasteiger partial charge in [-0.1, -0.05) is 0 Å². The molecule has 1 saturated heterocycles. The largest absolute Gasteiger partial charge is 0.478 e. The molecule has 2 heterocycles. The zero-order chi connectivity index (χ0) is 13.7. The fraction of sp³-hybridized carbons (Fsp3) is 0.462. The molecule has 2 atom stereocenters. The number of piperidine rings is 1. The van der Waals surface area contributed by atoms with E-state index >= 15 is 0 Å². The van der Waals surface area contributed by atoms with Crippen LogP contribution < -0.4 is 4.90 Å². The topological polar surface area (TPSA) is 74.7 Å². The molecule has 3 rings (SSSR count). The van der Waals surface area contributed by atoms with Gasteiger partial charge in [0.1, 0.15) is 5.00 Å². The quantitative estimate of drug-likeness (QED) is 0.841. The first kappa shape index (κ1) is 12.3. The highest BCUT2D eigenvalue weighted by Crippen LogP contribution is 2.43. The number of aromatic carboxylic acids is 1. The van der Waals surface area contributed by atoms with Gasteiger partial charge < -0.3 is 5.11 Å². The number of nitrogens with zero attached hydrogens (tertiary/aromatic N) is 1. The second-order valence-electron chi connectivity index (χ2n) is 5.10. The number of imide groups is 1. The summed E-state index contributed by atoms with van der Waals surface area (Å²) in [5.74, 6) is -1.80. The SMILES string of the molecule is Cc1cc(C(=O)O)c(N2C(=O)C3CCC(C3)C2=O)s1. The van der Waals surface area contributed by atoms with Crippen molar-refractivity contribution in [2.75, 3.05) is 4.90 Å². The van der Waals surface area contributed by atoms with E-state index in [0.717, 1.165) is 22.6 Å². The molecule has 1 aromatic rings. The Morgan fingerprint density at radius 1 is 1.32 bits per heavy atom. The number of hydrogen-bond acceptors (Lipinski definition) is 4. The van der Waals surface area contributed by atoms with Crippen LogP contribution in [0.4, 0.5) is 5.00 Å². The van der Waals surface area contributed by atoms with Gasteiger partial charge in [0.05, 0.1) is 5.56 Å². The molecule has 1 saturated carbocycles. The summed E-state index contributed by atoms with van der Waals surface area (Å²) in [4.78, 5) is 37.7. The van der Waals surface area contributed by atoms with Gasteiger partial charge in [-0.15, -0.1) is 11.3 Å². The van der Waals surface area contributed by atoms with Crippen LogP contribution in [0.3, 0.4) is 0 Å². The number of aryl methyl sites for hydroxylation is 1. The van der Waals surface area contributed by atoms with Crippen LogP contribution in [-0.4, -0.2) is 22.9 Å². The van der Waals surface area contributed by atoms with E-state index in [1.807, 2.05) is 0 Å². The first-order valence-corrected chi connectivity index (χ1v) is 7.02. The van der Waals surface area contributed by atoms with Crippen LogP contribution >= 0.6 is 11.3 Å². The van der Waals surface area contributed by atoms with Gasteiger partial charge in [-0.05, 0) is 32.3 Å². The molecule has 1 N–H and O–H groups in total. The van der Waals surface area contributed by atoms with Gasteiger partial charge in [-0.3, -0.25) is 9.59 Å². The molecule has 2 bridgehead atoms. The van der Waals surface area contributed by atoms with E-state index in [9.17, 15) is 19.5 Å². The Morgan fingerprint density at radius 3 is 2.42 bits per heavy atom. The van der Waals surface area contributed by atoms with Gasteiger partial charge >= 0.3 is 5.97 Å². The van der Waals surface area contributed by atoms with E-state index in [1.165, 1.54) is 17.4 Å². The first-order chi connectivity index (χ1) is 8.99. The monoisotopic (exact) mass is 279 g/mol. The lowest BCUT2D eigenvalue weighted by Gasteiger charge is -2.28. The number of amides is 2. The minimum atomic E-state index is -1.10. The van der Waals surface area contributed by atoms with Crippen molar-refractivity contribution in [3.8, 4) is 0 Å². The Balaban J connectivity index is 2.08. The van der Waals surface area contributed by atoms with E-state index in [4.69, 9.17) is 0 Å². The van der Waals surface area contributed by atoms with E-state index < -0.39 is 5.97 Å². The number of carboxylic acids is 1. The molecule has 2 unspecified atom stereocenters. The predicted molar refractivity (Wildman–Crippen MR) is 69.3 cm³/mol. The molecule has 100 valence electrons. The number of carboxylic acid groups (broad SMARTS) is 1. The lowest BCUT2D eigenvalue weighted by Crippen LogP contribution is -2.46. The Hall–Kier alpha value is -1.69. The lowest BCUT2D eigenvalue weighted by molar-refractivity contribution is -0.132. The summed E-state index contributed by atoms with van der Waals surface area (Å²) in [7, 11) is 0. The standard InChI is InChI=1S/C13H13NO4S/c1-6-4-9(13(17)18)12(19-6)14-10(15)7-2-3-8(5-7)11(14)16/h4,7-8H,2-3,5H2,1H3,(H,17,18). The third-order valence-electron chi connectivity index (χ3n) is 3.84. The summed E-state index contributed by atoms with van der Waals surface area (Å²) in [5.41, 5.74) is 0.0468. The number of thiophene rings is 1. The summed E-state index contributed by atoms with van der Waals surface area (Å²) in [6, 6.07) is 1.51. The summed E-state index contributed by atoms with van der Waals surface area (Å²) in [6.07, 6.45) is 2.10. The molecule has 1 aromatic heterocycles. The molecule has 6 heteroatoms. The Labute approximate surface area is 113 Å². The van der Waals surface area contributed by atoms with Crippen molar-refractivity contribution in [3.05, 3.63) is 16.5 Å². The van der Waals surface area contributed by atoms with Crippen LogP contribution in [0.25, 0.3) is 0 Å². The lowest BCUT2D eigenvalue weighted by atomic mass is 9.97. The van der Waals surface area contributed by atoms with E-state index in [2.05, 4.69) is 0 Å². The van der Waals surface area contributed by atoms with Crippen molar-refractivity contribution in [2.45, 2.75) is 26.2 Å². The molecule has 0 spiro atoms. The van der Waals surface area contributed by atoms with Crippen molar-refractivity contribution in [3.63, 3.8) is 0 Å². The molecule has 19 heavy (non-hydrogen) atoms. The Morgan fingerprint density at radius 2 is 1.89 bits per heavy atom. The fourth-order valence-electron chi connectivity index (χ4n) is 2.93. The zero-order valence-corrected chi connectivity index (χ0v) is 11.2. The number of fused-ring (bicyclic) bond motifs is 2. The molecular weight excluding hydrogens is 266 g/mol. The number of anilines is 1. The second kappa shape index (κ2) is 4.16. The normalized spacial score (nSPS) is 26.1. The molecule has 1 aliphatic carbocycles. The second-order valence-corrected chi connectivity index (χ2v) is 6.33. The van der Waals surface area contributed by atoms with Crippen LogP contribution in [0.5, 0.6) is 0 Å². The van der Waals surface area contributed by atoms with Crippen LogP contribution in [0, 0.1) is 18.8 Å². The minimum Gasteiger partial charge on any atom is -0.478 e. The molecule has 1 aliphatic heterocycles. The third-order valence-corrected chi connectivity index (χ3v) is 4.88. The van der Waals surface area contributed by atoms with Crippen molar-refractivity contribution in [1.82, 2.24) is 0 Å². The highest BCUT2D eigenvalue weighted by atomic mass is 32.1. The summed E-state index contributed by atoms with van der Waals surface area (Å²) in [6.45, 7) is 1.77. The van der Waals surface area contributed by atoms with Crippen molar-refractivity contribution < 1.29 is 19.5 Å². The third kappa shape index (κ3) is 1.78. The number of hydrogen-bond donors (Lipinski definition) is 1. The van der Waals surface area contributed by atoms with Crippen LogP contribution in [0.2, 0.25) is 0 Å². The average Bonchev–Trinajstić information content (AvgIpc) is 2.93. The maximum Gasteiger partial charge on any atom is 0.338 e. The van der Waals surface area contributed by atoms with Gasteiger partial charge in [-0.25, -0.2) is 9.69 Å². The summed E-state index contributed by atoms with van der Waals surface area (Å²) in [5, 5.41) is 9.46. The van der Waals surface area contributed by atoms with Gasteiger partial charge in [0.25, 0.3) is 0 Å². The van der Waals surface area contributed by atoms with Gasteiger partial charge in [0.15, 0.2) is 0 Å². The van der Waals surface area contributed by atoms with E-state index in [0.29, 0.717) is 6.42 Å². The molecule has 2 fully saturated rings. The van der Waals surface area contributed by atoms with E-state index in [-0.39, 0.29) is 34.2 Å². The smallest absolute Gasteiger partial charge is 0.338 e. The van der Waals surface area contributed by atoms with Crippen LogP contribution in [-0.2, 0) is 9.59 Å². The van der Waals surface area contributed by atoms with E-state index in [1.54, 1.807) is 6.92 Å². The maximum absolute atomic E-state index is 12.3. The predicted octanol–water partition coefficient (Wildman–Crippen LogP) is 2.04. The Bertz CT molecular complexity index is 569. The van der Waals surface area contributed by atoms with Crippen molar-refractivity contribution in [1.29, 1.82) is 0 Å². The average molecular weight is 279 g/mol. The van der Waals surface area contributed by atoms with Crippen LogP contribution in [0.15, 0.2) is 6.07 Å².